The van der Waals surface area contributed by atoms with Gasteiger partial charge in [0, 0.05) is 23.3 Å². The number of halogens is 1. The molecule has 0 aliphatic carbocycles. The summed E-state index contributed by atoms with van der Waals surface area (Å²) < 4.78 is 1.54. The Hall–Kier alpha value is -1.63. The first kappa shape index (κ1) is 16.2. The number of benzene rings is 1. The lowest BCUT2D eigenvalue weighted by atomic mass is 10.3. The summed E-state index contributed by atoms with van der Waals surface area (Å²) in [5.74, 6) is -0.0367. The van der Waals surface area contributed by atoms with Gasteiger partial charge in [0.1, 0.15) is 4.71 Å². The van der Waals surface area contributed by atoms with Crippen LogP contribution in [-0.2, 0) is 4.79 Å². The Morgan fingerprint density at radius 2 is 2.30 bits per heavy atom. The molecule has 1 atom stereocenters. The maximum Gasteiger partial charge on any atom is 0.262 e. The van der Waals surface area contributed by atoms with Gasteiger partial charge < -0.3 is 4.90 Å². The summed E-state index contributed by atoms with van der Waals surface area (Å²) >= 11 is 11.8. The van der Waals surface area contributed by atoms with Gasteiger partial charge in [0.05, 0.1) is 16.8 Å². The molecule has 1 aliphatic rings. The van der Waals surface area contributed by atoms with Gasteiger partial charge in [-0.2, -0.15) is 5.10 Å². The van der Waals surface area contributed by atoms with Gasteiger partial charge >= 0.3 is 0 Å². The normalized spacial score (nSPS) is 19.6. The summed E-state index contributed by atoms with van der Waals surface area (Å²) in [6.07, 6.45) is 7.09. The summed E-state index contributed by atoms with van der Waals surface area (Å²) in [6, 6.07) is 7.43. The first-order valence-corrected chi connectivity index (χ1v) is 8.65. The lowest BCUT2D eigenvalue weighted by molar-refractivity contribution is -0.124. The van der Waals surface area contributed by atoms with E-state index in [1.165, 1.54) is 11.8 Å². The predicted molar refractivity (Wildman–Crippen MR) is 98.8 cm³/mol. The molecule has 0 N–H and O–H groups in total. The van der Waals surface area contributed by atoms with E-state index in [1.807, 2.05) is 36.5 Å². The zero-order chi connectivity index (χ0) is 16.4. The second kappa shape index (κ2) is 6.86. The average molecular weight is 364 g/mol. The van der Waals surface area contributed by atoms with Crippen molar-refractivity contribution in [2.24, 2.45) is 0 Å². The fourth-order valence-electron chi connectivity index (χ4n) is 2.20. The number of amides is 1. The Kier molecular flexibility index (Phi) is 4.84. The van der Waals surface area contributed by atoms with Gasteiger partial charge in [0.2, 0.25) is 0 Å². The molecule has 1 saturated heterocycles. The molecular weight excluding hydrogens is 350 g/mol. The van der Waals surface area contributed by atoms with Gasteiger partial charge in [-0.05, 0) is 24.3 Å². The standard InChI is InChI=1S/C16H14ClN3OS2/c1-2-6-19-15(21)14(23-16(19)22)7-11-9-18-20(10-11)13-5-3-4-12(17)8-13/h2-5,7-10,16,22H,1,6H2/b14-7-. The number of thioether (sulfide) groups is 1. The molecule has 2 heterocycles. The first-order chi connectivity index (χ1) is 11.1. The van der Waals surface area contributed by atoms with Crippen LogP contribution >= 0.6 is 36.0 Å². The van der Waals surface area contributed by atoms with Crippen LogP contribution < -0.4 is 0 Å². The van der Waals surface area contributed by atoms with Crippen LogP contribution in [0, 0.1) is 0 Å². The van der Waals surface area contributed by atoms with Crippen LogP contribution in [0.3, 0.4) is 0 Å². The van der Waals surface area contributed by atoms with E-state index in [-0.39, 0.29) is 10.6 Å². The molecule has 1 aliphatic heterocycles. The summed E-state index contributed by atoms with van der Waals surface area (Å²) in [7, 11) is 0. The van der Waals surface area contributed by atoms with E-state index in [2.05, 4.69) is 24.3 Å². The second-order valence-electron chi connectivity index (χ2n) is 4.90. The number of carbonyl (C=O) groups excluding carboxylic acids is 1. The van der Waals surface area contributed by atoms with Crippen molar-refractivity contribution in [3.63, 3.8) is 0 Å². The van der Waals surface area contributed by atoms with Crippen molar-refractivity contribution in [2.45, 2.75) is 4.71 Å². The van der Waals surface area contributed by atoms with Crippen molar-refractivity contribution >= 4 is 48.0 Å². The molecule has 1 amide bonds. The van der Waals surface area contributed by atoms with Gasteiger partial charge in [-0.1, -0.05) is 35.5 Å². The predicted octanol–water partition coefficient (Wildman–Crippen LogP) is 3.84. The molecule has 1 fully saturated rings. The number of carbonyl (C=O) groups is 1. The van der Waals surface area contributed by atoms with E-state index in [0.29, 0.717) is 16.5 Å². The van der Waals surface area contributed by atoms with Gasteiger partial charge in [0.25, 0.3) is 5.91 Å². The zero-order valence-corrected chi connectivity index (χ0v) is 14.6. The highest BCUT2D eigenvalue weighted by atomic mass is 35.5. The zero-order valence-electron chi connectivity index (χ0n) is 12.1. The Balaban J connectivity index is 1.84. The van der Waals surface area contributed by atoms with E-state index < -0.39 is 0 Å². The molecule has 0 spiro atoms. The molecule has 2 aromatic rings. The summed E-state index contributed by atoms with van der Waals surface area (Å²) in [5.41, 5.74) is 1.72. The molecule has 23 heavy (non-hydrogen) atoms. The van der Waals surface area contributed by atoms with Crippen LogP contribution in [0.25, 0.3) is 11.8 Å². The van der Waals surface area contributed by atoms with E-state index >= 15 is 0 Å². The van der Waals surface area contributed by atoms with Crippen LogP contribution in [0.15, 0.2) is 54.2 Å². The molecule has 1 aromatic heterocycles. The molecular formula is C16H14ClN3OS2. The second-order valence-corrected chi connectivity index (χ2v) is 7.29. The largest absolute Gasteiger partial charge is 0.313 e. The quantitative estimate of drug-likeness (QED) is 0.509. The number of aromatic nitrogens is 2. The molecule has 1 aromatic carbocycles. The molecule has 3 rings (SSSR count). The fourth-order valence-corrected chi connectivity index (χ4v) is 3.88. The topological polar surface area (TPSA) is 38.1 Å². The number of rotatable bonds is 4. The number of hydrogen-bond donors (Lipinski definition) is 1. The molecule has 0 saturated carbocycles. The summed E-state index contributed by atoms with van der Waals surface area (Å²) in [5, 5.41) is 4.96. The number of hydrogen-bond acceptors (Lipinski definition) is 4. The van der Waals surface area contributed by atoms with Crippen molar-refractivity contribution < 1.29 is 4.79 Å². The van der Waals surface area contributed by atoms with E-state index in [0.717, 1.165) is 11.3 Å². The summed E-state index contributed by atoms with van der Waals surface area (Å²) in [4.78, 5) is 14.6. The lowest BCUT2D eigenvalue weighted by Crippen LogP contribution is -2.29. The average Bonchev–Trinajstić information content (AvgIpc) is 3.09. The third-order valence-corrected chi connectivity index (χ3v) is 5.11. The third-order valence-electron chi connectivity index (χ3n) is 3.27. The maximum absolute atomic E-state index is 12.3. The van der Waals surface area contributed by atoms with E-state index in [4.69, 9.17) is 11.6 Å². The fraction of sp³-hybridized carbons (Fsp3) is 0.125. The third kappa shape index (κ3) is 3.49. The van der Waals surface area contributed by atoms with E-state index in [1.54, 1.807) is 21.9 Å². The van der Waals surface area contributed by atoms with Crippen molar-refractivity contribution in [2.75, 3.05) is 6.54 Å². The van der Waals surface area contributed by atoms with Gasteiger partial charge in [-0.15, -0.1) is 19.2 Å². The Labute approximate surface area is 149 Å². The van der Waals surface area contributed by atoms with Crippen LogP contribution in [0.4, 0.5) is 0 Å². The highest BCUT2D eigenvalue weighted by molar-refractivity contribution is 8.14. The van der Waals surface area contributed by atoms with Crippen molar-refractivity contribution in [1.82, 2.24) is 14.7 Å². The minimum atomic E-state index is -0.185. The van der Waals surface area contributed by atoms with Crippen LogP contribution in [0.5, 0.6) is 0 Å². The minimum Gasteiger partial charge on any atom is -0.313 e. The van der Waals surface area contributed by atoms with Crippen molar-refractivity contribution in [1.29, 1.82) is 0 Å². The SMILES string of the molecule is C=CCN1C(=O)/C(=C/c2cnn(-c3cccc(Cl)c3)c2)SC1S. The van der Waals surface area contributed by atoms with E-state index in [9.17, 15) is 4.79 Å². The number of nitrogens with zero attached hydrogens (tertiary/aromatic N) is 3. The van der Waals surface area contributed by atoms with Gasteiger partial charge in [-0.3, -0.25) is 4.79 Å². The molecule has 118 valence electrons. The van der Waals surface area contributed by atoms with Gasteiger partial charge in [0.15, 0.2) is 0 Å². The Bertz CT molecular complexity index is 787. The van der Waals surface area contributed by atoms with Crippen LogP contribution in [0.2, 0.25) is 5.02 Å². The maximum atomic E-state index is 12.3. The van der Waals surface area contributed by atoms with Crippen molar-refractivity contribution in [3.8, 4) is 5.69 Å². The minimum absolute atomic E-state index is 0.0367. The molecule has 1 unspecified atom stereocenters. The van der Waals surface area contributed by atoms with Gasteiger partial charge in [-0.25, -0.2) is 4.68 Å². The highest BCUT2D eigenvalue weighted by Crippen LogP contribution is 2.37. The lowest BCUT2D eigenvalue weighted by Gasteiger charge is -2.16. The highest BCUT2D eigenvalue weighted by Gasteiger charge is 2.32. The summed E-state index contributed by atoms with van der Waals surface area (Å²) in [6.45, 7) is 4.15. The molecule has 0 radical (unpaired) electrons. The van der Waals surface area contributed by atoms with Crippen LogP contribution in [0.1, 0.15) is 5.56 Å². The first-order valence-electron chi connectivity index (χ1n) is 6.87. The molecule has 4 nitrogen and oxygen atoms in total. The van der Waals surface area contributed by atoms with Crippen molar-refractivity contribution in [3.05, 3.63) is 64.8 Å². The number of thiol groups is 1. The molecule has 0 bridgehead atoms. The Morgan fingerprint density at radius 1 is 1.48 bits per heavy atom. The van der Waals surface area contributed by atoms with Crippen LogP contribution in [-0.4, -0.2) is 31.8 Å². The molecule has 7 heteroatoms. The monoisotopic (exact) mass is 363 g/mol. The smallest absolute Gasteiger partial charge is 0.262 e. The Morgan fingerprint density at radius 3 is 3.04 bits per heavy atom.